The number of halogens is 2. The number of rotatable bonds is 8. The van der Waals surface area contributed by atoms with Crippen LogP contribution in [0.3, 0.4) is 0 Å². The van der Waals surface area contributed by atoms with Crippen molar-refractivity contribution in [2.45, 2.75) is 24.9 Å². The third kappa shape index (κ3) is 5.42. The molecule has 1 atom stereocenters. The lowest BCUT2D eigenvalue weighted by Gasteiger charge is -2.25. The van der Waals surface area contributed by atoms with Gasteiger partial charge >= 0.3 is 0 Å². The lowest BCUT2D eigenvalue weighted by molar-refractivity contribution is -0.122. The van der Waals surface area contributed by atoms with Crippen molar-refractivity contribution >= 4 is 50.5 Å². The number of benzene rings is 3. The van der Waals surface area contributed by atoms with E-state index >= 15 is 0 Å². The van der Waals surface area contributed by atoms with Crippen molar-refractivity contribution in [1.29, 1.82) is 0 Å². The summed E-state index contributed by atoms with van der Waals surface area (Å²) in [5.74, 6) is -0.922. The van der Waals surface area contributed by atoms with Crippen LogP contribution in [0.4, 0.5) is 19.6 Å². The topological polar surface area (TPSA) is 117 Å². The van der Waals surface area contributed by atoms with Gasteiger partial charge in [0.15, 0.2) is 5.13 Å². The average Bonchev–Trinajstić information content (AvgIpc) is 3.53. The summed E-state index contributed by atoms with van der Waals surface area (Å²) in [7, 11) is 0. The molecule has 198 valence electrons. The van der Waals surface area contributed by atoms with Crippen molar-refractivity contribution in [1.82, 2.24) is 15.8 Å². The Bertz CT molecular complexity index is 1620. The molecule has 1 unspecified atom stereocenters. The van der Waals surface area contributed by atoms with Crippen LogP contribution in [0.5, 0.6) is 11.5 Å². The van der Waals surface area contributed by atoms with Gasteiger partial charge in [-0.2, -0.15) is 0 Å². The highest BCUT2D eigenvalue weighted by atomic mass is 32.1. The molecule has 0 bridgehead atoms. The number of fused-ring (bicyclic) bond motifs is 1. The summed E-state index contributed by atoms with van der Waals surface area (Å²) in [4.78, 5) is 33.9. The normalized spacial score (nSPS) is 18.1. The number of carbonyl (C=O) groups is 2. The minimum absolute atomic E-state index is 0.0154. The molecular weight excluding hydrogens is 526 g/mol. The van der Waals surface area contributed by atoms with E-state index in [2.05, 4.69) is 31.5 Å². The van der Waals surface area contributed by atoms with Crippen molar-refractivity contribution < 1.29 is 23.1 Å². The highest BCUT2D eigenvalue weighted by Crippen LogP contribution is 2.35. The standard InChI is InChI=1S/C27H22F2N6O3S/c28-17-3-1-2-15(10-17)13-27(30-14-31-35-27)25(37)32-22-11-18(6-8-20(22)29)38-19-7-9-21-23(12-19)39-26(33-21)34-24(36)16-4-5-16/h1-3,6-12,14,16,35H,4-5,13H2,(H,30,31)(H,32,37)(H,33,34,36). The van der Waals surface area contributed by atoms with Crippen LogP contribution >= 0.6 is 11.3 Å². The predicted octanol–water partition coefficient (Wildman–Crippen LogP) is 4.73. The lowest BCUT2D eigenvalue weighted by Crippen LogP contribution is -2.55. The molecule has 1 saturated carbocycles. The Hall–Kier alpha value is -4.42. The smallest absolute Gasteiger partial charge is 0.269 e. The minimum Gasteiger partial charge on any atom is -0.457 e. The maximum Gasteiger partial charge on any atom is 0.269 e. The summed E-state index contributed by atoms with van der Waals surface area (Å²) < 4.78 is 35.1. The number of anilines is 2. The molecule has 1 fully saturated rings. The van der Waals surface area contributed by atoms with Crippen LogP contribution in [0.1, 0.15) is 18.4 Å². The first-order chi connectivity index (χ1) is 18.9. The van der Waals surface area contributed by atoms with Crippen molar-refractivity contribution in [3.8, 4) is 11.5 Å². The third-order valence-corrected chi connectivity index (χ3v) is 7.25. The van der Waals surface area contributed by atoms with Gasteiger partial charge in [-0.1, -0.05) is 23.5 Å². The van der Waals surface area contributed by atoms with E-state index < -0.39 is 23.2 Å². The molecule has 6 rings (SSSR count). The second-order valence-electron chi connectivity index (χ2n) is 9.30. The van der Waals surface area contributed by atoms with E-state index in [1.165, 1.54) is 54.1 Å². The number of aromatic nitrogens is 1. The van der Waals surface area contributed by atoms with Crippen molar-refractivity contribution in [2.75, 3.05) is 10.6 Å². The number of nitrogens with one attached hydrogen (secondary N) is 4. The van der Waals surface area contributed by atoms with E-state index in [-0.39, 0.29) is 29.7 Å². The van der Waals surface area contributed by atoms with Gasteiger partial charge in [0.1, 0.15) is 23.1 Å². The monoisotopic (exact) mass is 548 g/mol. The Labute approximate surface area is 225 Å². The van der Waals surface area contributed by atoms with Crippen LogP contribution in [-0.4, -0.2) is 28.8 Å². The molecule has 1 aliphatic carbocycles. The summed E-state index contributed by atoms with van der Waals surface area (Å²) in [5, 5.41) is 5.94. The van der Waals surface area contributed by atoms with Gasteiger partial charge in [0.25, 0.3) is 5.91 Å². The molecule has 0 saturated heterocycles. The second kappa shape index (κ2) is 10.0. The van der Waals surface area contributed by atoms with E-state index in [1.807, 2.05) is 0 Å². The van der Waals surface area contributed by atoms with Gasteiger partial charge in [-0.05, 0) is 54.8 Å². The predicted molar refractivity (Wildman–Crippen MR) is 144 cm³/mol. The van der Waals surface area contributed by atoms with Gasteiger partial charge in [-0.3, -0.25) is 9.59 Å². The quantitative estimate of drug-likeness (QED) is 0.253. The van der Waals surface area contributed by atoms with Gasteiger partial charge in [0, 0.05) is 24.5 Å². The van der Waals surface area contributed by atoms with Gasteiger partial charge in [0.2, 0.25) is 11.6 Å². The van der Waals surface area contributed by atoms with Gasteiger partial charge < -0.3 is 20.8 Å². The first kappa shape index (κ1) is 24.9. The maximum atomic E-state index is 14.7. The Balaban J connectivity index is 1.18. The molecule has 2 amide bonds. The highest BCUT2D eigenvalue weighted by molar-refractivity contribution is 7.22. The zero-order chi connectivity index (χ0) is 27.0. The first-order valence-corrected chi connectivity index (χ1v) is 13.0. The molecule has 9 nitrogen and oxygen atoms in total. The zero-order valence-corrected chi connectivity index (χ0v) is 21.1. The summed E-state index contributed by atoms with van der Waals surface area (Å²) in [6, 6.07) is 15.1. The van der Waals surface area contributed by atoms with E-state index in [0.717, 1.165) is 17.5 Å². The highest BCUT2D eigenvalue weighted by Gasteiger charge is 2.40. The molecule has 1 aliphatic heterocycles. The fourth-order valence-electron chi connectivity index (χ4n) is 4.15. The average molecular weight is 549 g/mol. The molecular formula is C27H22F2N6O3S. The fraction of sp³-hybridized carbons (Fsp3) is 0.185. The summed E-state index contributed by atoms with van der Waals surface area (Å²) >= 11 is 1.33. The molecule has 2 aliphatic rings. The van der Waals surface area contributed by atoms with Crippen molar-refractivity contribution in [2.24, 2.45) is 10.9 Å². The van der Waals surface area contributed by atoms with Crippen molar-refractivity contribution in [3.05, 3.63) is 77.9 Å². The van der Waals surface area contributed by atoms with Crippen LogP contribution < -0.4 is 26.2 Å². The fourth-order valence-corrected chi connectivity index (χ4v) is 5.05. The van der Waals surface area contributed by atoms with Crippen LogP contribution in [0.15, 0.2) is 65.7 Å². The number of hydrazine groups is 1. The Morgan fingerprint density at radius 1 is 1.05 bits per heavy atom. The zero-order valence-electron chi connectivity index (χ0n) is 20.3. The number of thiazole rings is 1. The number of carbonyl (C=O) groups excluding carboxylic acids is 2. The molecule has 3 aromatic carbocycles. The third-order valence-electron chi connectivity index (χ3n) is 6.31. The lowest BCUT2D eigenvalue weighted by atomic mass is 9.99. The van der Waals surface area contributed by atoms with Gasteiger partial charge in [-0.25, -0.2) is 24.2 Å². The molecule has 12 heteroatoms. The van der Waals surface area contributed by atoms with E-state index in [9.17, 15) is 18.4 Å². The maximum absolute atomic E-state index is 14.7. The number of nitrogens with zero attached hydrogens (tertiary/aromatic N) is 2. The number of amides is 2. The first-order valence-electron chi connectivity index (χ1n) is 12.2. The molecule has 39 heavy (non-hydrogen) atoms. The Kier molecular flexibility index (Phi) is 6.41. The van der Waals surface area contributed by atoms with Crippen LogP contribution in [0.2, 0.25) is 0 Å². The SMILES string of the molecule is O=C(Nc1nc2ccc(Oc3ccc(F)c(NC(=O)C4(Cc5cccc(F)c5)N=CNN4)c3)cc2s1)C1CC1. The van der Waals surface area contributed by atoms with Crippen LogP contribution in [0.25, 0.3) is 10.2 Å². The van der Waals surface area contributed by atoms with Gasteiger partial charge in [-0.15, -0.1) is 0 Å². The summed E-state index contributed by atoms with van der Waals surface area (Å²) in [5.41, 5.74) is 5.07. The van der Waals surface area contributed by atoms with Gasteiger partial charge in [0.05, 0.1) is 22.2 Å². The summed E-state index contributed by atoms with van der Waals surface area (Å²) in [6.07, 6.45) is 3.15. The Morgan fingerprint density at radius 3 is 2.64 bits per heavy atom. The van der Waals surface area contributed by atoms with E-state index in [4.69, 9.17) is 4.74 Å². The number of aliphatic imine (C=N–C) groups is 1. The van der Waals surface area contributed by atoms with E-state index in [1.54, 1.807) is 24.3 Å². The molecule has 4 N–H and O–H groups in total. The van der Waals surface area contributed by atoms with Crippen LogP contribution in [-0.2, 0) is 16.0 Å². The molecule has 4 aromatic rings. The van der Waals surface area contributed by atoms with E-state index in [0.29, 0.717) is 22.0 Å². The molecule has 1 aromatic heterocycles. The number of ether oxygens (including phenoxy) is 1. The van der Waals surface area contributed by atoms with Crippen LogP contribution in [0, 0.1) is 17.6 Å². The number of hydrogen-bond donors (Lipinski definition) is 4. The number of hydrogen-bond acceptors (Lipinski definition) is 8. The summed E-state index contributed by atoms with van der Waals surface area (Å²) in [6.45, 7) is 0. The molecule has 0 spiro atoms. The largest absolute Gasteiger partial charge is 0.457 e. The minimum atomic E-state index is -1.51. The molecule has 2 heterocycles. The second-order valence-corrected chi connectivity index (χ2v) is 10.3. The van der Waals surface area contributed by atoms with Crippen molar-refractivity contribution in [3.63, 3.8) is 0 Å². The molecule has 0 radical (unpaired) electrons. The Morgan fingerprint density at radius 2 is 1.87 bits per heavy atom.